The van der Waals surface area contributed by atoms with Gasteiger partial charge in [-0.25, -0.2) is 0 Å². The molecule has 0 heterocycles. The van der Waals surface area contributed by atoms with Crippen LogP contribution >= 0.6 is 0 Å². The molecule has 0 spiro atoms. The zero-order valence-electron chi connectivity index (χ0n) is 9.62. The van der Waals surface area contributed by atoms with Gasteiger partial charge in [-0.2, -0.15) is 0 Å². The van der Waals surface area contributed by atoms with Crippen molar-refractivity contribution < 1.29 is 9.90 Å². The number of aliphatic hydroxyl groups excluding tert-OH is 1. The maximum absolute atomic E-state index is 11.6. The first-order chi connectivity index (χ1) is 6.88. The number of carbonyl (C=O) groups excluding carboxylic acids is 1. The van der Waals surface area contributed by atoms with Gasteiger partial charge in [0, 0.05) is 12.0 Å². The molecule has 88 valence electrons. The van der Waals surface area contributed by atoms with E-state index in [2.05, 4.69) is 5.32 Å². The van der Waals surface area contributed by atoms with E-state index in [9.17, 15) is 9.90 Å². The maximum atomic E-state index is 11.6. The van der Waals surface area contributed by atoms with Gasteiger partial charge in [-0.15, -0.1) is 0 Å². The van der Waals surface area contributed by atoms with Gasteiger partial charge in [0.1, 0.15) is 0 Å². The van der Waals surface area contributed by atoms with Crippen LogP contribution < -0.4 is 11.1 Å². The van der Waals surface area contributed by atoms with Crippen molar-refractivity contribution in [1.82, 2.24) is 5.32 Å². The summed E-state index contributed by atoms with van der Waals surface area (Å²) in [6.45, 7) is 3.65. The molecule has 2 atom stereocenters. The predicted molar refractivity (Wildman–Crippen MR) is 59.3 cm³/mol. The lowest BCUT2D eigenvalue weighted by Gasteiger charge is -2.29. The molecule has 0 aromatic carbocycles. The SMILES string of the molecule is CC(C)(N)CC(=O)N[C@H]1CCCC[C@@H]1O. The van der Waals surface area contributed by atoms with Gasteiger partial charge in [-0.1, -0.05) is 12.8 Å². The highest BCUT2D eigenvalue weighted by molar-refractivity contribution is 5.77. The van der Waals surface area contributed by atoms with E-state index in [1.54, 1.807) is 0 Å². The van der Waals surface area contributed by atoms with Crippen LogP contribution in [-0.2, 0) is 4.79 Å². The quantitative estimate of drug-likeness (QED) is 0.641. The fourth-order valence-corrected chi connectivity index (χ4v) is 1.95. The second-order valence-electron chi connectivity index (χ2n) is 5.19. The Bertz CT molecular complexity index is 223. The van der Waals surface area contributed by atoms with Crippen molar-refractivity contribution in [1.29, 1.82) is 0 Å². The molecule has 0 unspecified atom stereocenters. The molecular weight excluding hydrogens is 192 g/mol. The highest BCUT2D eigenvalue weighted by Crippen LogP contribution is 2.18. The molecule has 15 heavy (non-hydrogen) atoms. The average molecular weight is 214 g/mol. The highest BCUT2D eigenvalue weighted by atomic mass is 16.3. The van der Waals surface area contributed by atoms with Gasteiger partial charge in [0.2, 0.25) is 5.91 Å². The van der Waals surface area contributed by atoms with Gasteiger partial charge in [-0.3, -0.25) is 4.79 Å². The minimum Gasteiger partial charge on any atom is -0.391 e. The van der Waals surface area contributed by atoms with Gasteiger partial charge in [0.05, 0.1) is 12.1 Å². The summed E-state index contributed by atoms with van der Waals surface area (Å²) in [6, 6.07) is -0.0754. The smallest absolute Gasteiger partial charge is 0.222 e. The fourth-order valence-electron chi connectivity index (χ4n) is 1.95. The van der Waals surface area contributed by atoms with E-state index < -0.39 is 5.54 Å². The first-order valence-electron chi connectivity index (χ1n) is 5.65. The number of nitrogens with two attached hydrogens (primary N) is 1. The van der Waals surface area contributed by atoms with Crippen LogP contribution in [0.25, 0.3) is 0 Å². The number of aliphatic hydroxyl groups is 1. The van der Waals surface area contributed by atoms with Crippen molar-refractivity contribution in [2.24, 2.45) is 5.73 Å². The van der Waals surface area contributed by atoms with E-state index in [1.807, 2.05) is 13.8 Å². The summed E-state index contributed by atoms with van der Waals surface area (Å²) in [7, 11) is 0. The Balaban J connectivity index is 2.36. The van der Waals surface area contributed by atoms with Crippen LogP contribution in [0.5, 0.6) is 0 Å². The first kappa shape index (κ1) is 12.5. The average Bonchev–Trinajstić information content (AvgIpc) is 2.05. The second-order valence-corrected chi connectivity index (χ2v) is 5.19. The summed E-state index contributed by atoms with van der Waals surface area (Å²) in [5.74, 6) is -0.0616. The molecule has 4 N–H and O–H groups in total. The molecule has 0 radical (unpaired) electrons. The van der Waals surface area contributed by atoms with Crippen molar-refractivity contribution >= 4 is 5.91 Å². The number of carbonyl (C=O) groups is 1. The Kier molecular flexibility index (Phi) is 4.11. The Morgan fingerprint density at radius 2 is 2.07 bits per heavy atom. The summed E-state index contributed by atoms with van der Waals surface area (Å²) >= 11 is 0. The predicted octanol–water partition coefficient (Wildman–Crippen LogP) is 0.533. The fraction of sp³-hybridized carbons (Fsp3) is 0.909. The Morgan fingerprint density at radius 1 is 1.47 bits per heavy atom. The molecule has 4 heteroatoms. The third kappa shape index (κ3) is 4.62. The topological polar surface area (TPSA) is 75.4 Å². The molecule has 0 aliphatic heterocycles. The maximum Gasteiger partial charge on any atom is 0.222 e. The number of amides is 1. The van der Waals surface area contributed by atoms with Crippen molar-refractivity contribution in [3.05, 3.63) is 0 Å². The molecule has 4 nitrogen and oxygen atoms in total. The minimum absolute atomic E-state index is 0.0616. The first-order valence-corrected chi connectivity index (χ1v) is 5.65. The van der Waals surface area contributed by atoms with E-state index in [0.717, 1.165) is 25.7 Å². The van der Waals surface area contributed by atoms with Gasteiger partial charge in [0.15, 0.2) is 0 Å². The van der Waals surface area contributed by atoms with Crippen LogP contribution in [0.2, 0.25) is 0 Å². The van der Waals surface area contributed by atoms with E-state index >= 15 is 0 Å². The molecule has 0 saturated heterocycles. The highest BCUT2D eigenvalue weighted by Gasteiger charge is 2.26. The number of hydrogen-bond acceptors (Lipinski definition) is 3. The molecule has 0 bridgehead atoms. The molecule has 1 rings (SSSR count). The summed E-state index contributed by atoms with van der Waals surface area (Å²) in [4.78, 5) is 11.6. The van der Waals surface area contributed by atoms with E-state index in [0.29, 0.717) is 6.42 Å². The standard InChI is InChI=1S/C11H22N2O2/c1-11(2,12)7-10(15)13-8-5-3-4-6-9(8)14/h8-9,14H,3-7,12H2,1-2H3,(H,13,15)/t8-,9-/m0/s1. The zero-order chi connectivity index (χ0) is 11.5. The van der Waals surface area contributed by atoms with Gasteiger partial charge >= 0.3 is 0 Å². The van der Waals surface area contributed by atoms with Crippen LogP contribution in [0, 0.1) is 0 Å². The lowest BCUT2D eigenvalue weighted by Crippen LogP contribution is -2.48. The molecule has 1 aliphatic rings. The van der Waals surface area contributed by atoms with Gasteiger partial charge < -0.3 is 16.2 Å². The van der Waals surface area contributed by atoms with Gasteiger partial charge in [0.25, 0.3) is 0 Å². The Hall–Kier alpha value is -0.610. The minimum atomic E-state index is -0.482. The number of hydrogen-bond donors (Lipinski definition) is 3. The summed E-state index contributed by atoms with van der Waals surface area (Å²) in [5.41, 5.74) is 5.27. The molecular formula is C11H22N2O2. The molecule has 0 aromatic rings. The van der Waals surface area contributed by atoms with Crippen molar-refractivity contribution in [2.45, 2.75) is 63.6 Å². The van der Waals surface area contributed by atoms with Crippen LogP contribution in [0.4, 0.5) is 0 Å². The zero-order valence-corrected chi connectivity index (χ0v) is 9.62. The van der Waals surface area contributed by atoms with Crippen molar-refractivity contribution in [2.75, 3.05) is 0 Å². The van der Waals surface area contributed by atoms with E-state index in [1.165, 1.54) is 0 Å². The largest absolute Gasteiger partial charge is 0.391 e. The Morgan fingerprint density at radius 3 is 2.60 bits per heavy atom. The lowest BCUT2D eigenvalue weighted by molar-refractivity contribution is -0.123. The molecule has 1 fully saturated rings. The van der Waals surface area contributed by atoms with Crippen LogP contribution in [0.1, 0.15) is 46.0 Å². The summed E-state index contributed by atoms with van der Waals surface area (Å²) in [5, 5.41) is 12.5. The van der Waals surface area contributed by atoms with Crippen LogP contribution in [0.3, 0.4) is 0 Å². The molecule has 1 saturated carbocycles. The Labute approximate surface area is 91.2 Å². The number of nitrogens with one attached hydrogen (secondary N) is 1. The van der Waals surface area contributed by atoms with Crippen molar-refractivity contribution in [3.63, 3.8) is 0 Å². The lowest BCUT2D eigenvalue weighted by atomic mass is 9.92. The van der Waals surface area contributed by atoms with Gasteiger partial charge in [-0.05, 0) is 26.7 Å². The summed E-state index contributed by atoms with van der Waals surface area (Å²) < 4.78 is 0. The molecule has 1 amide bonds. The normalized spacial score (nSPS) is 27.5. The monoisotopic (exact) mass is 214 g/mol. The summed E-state index contributed by atoms with van der Waals surface area (Å²) in [6.07, 6.45) is 3.71. The van der Waals surface area contributed by atoms with Crippen molar-refractivity contribution in [3.8, 4) is 0 Å². The molecule has 0 aromatic heterocycles. The molecule has 1 aliphatic carbocycles. The second kappa shape index (κ2) is 4.94. The third-order valence-electron chi connectivity index (χ3n) is 2.69. The van der Waals surface area contributed by atoms with E-state index in [-0.39, 0.29) is 18.1 Å². The van der Waals surface area contributed by atoms with Crippen LogP contribution in [-0.4, -0.2) is 28.7 Å². The van der Waals surface area contributed by atoms with E-state index in [4.69, 9.17) is 5.73 Å². The number of rotatable bonds is 3. The van der Waals surface area contributed by atoms with Crippen LogP contribution in [0.15, 0.2) is 0 Å². The third-order valence-corrected chi connectivity index (χ3v) is 2.69.